The van der Waals surface area contributed by atoms with Crippen molar-refractivity contribution >= 4 is 17.7 Å². The van der Waals surface area contributed by atoms with E-state index in [0.29, 0.717) is 10.8 Å². The van der Waals surface area contributed by atoms with Gasteiger partial charge in [-0.3, -0.25) is 4.79 Å². The number of hydrogen-bond donors (Lipinski definition) is 2. The van der Waals surface area contributed by atoms with Crippen LogP contribution in [0.3, 0.4) is 0 Å². The molecule has 1 unspecified atom stereocenters. The third kappa shape index (κ3) is 3.32. The predicted octanol–water partition coefficient (Wildman–Crippen LogP) is 1.69. The van der Waals surface area contributed by atoms with Crippen molar-refractivity contribution in [3.63, 3.8) is 0 Å². The third-order valence-electron chi connectivity index (χ3n) is 3.12. The van der Waals surface area contributed by atoms with E-state index in [9.17, 15) is 9.90 Å². The molecule has 0 aliphatic heterocycles. The van der Waals surface area contributed by atoms with Gasteiger partial charge >= 0.3 is 0 Å². The number of primary amides is 1. The highest BCUT2D eigenvalue weighted by Crippen LogP contribution is 2.34. The molecule has 1 heterocycles. The van der Waals surface area contributed by atoms with Crippen LogP contribution in [0.4, 0.5) is 0 Å². The van der Waals surface area contributed by atoms with Gasteiger partial charge in [-0.05, 0) is 40.3 Å². The lowest BCUT2D eigenvalue weighted by atomic mass is 10.1. The third-order valence-corrected chi connectivity index (χ3v) is 4.32. The minimum atomic E-state index is -0.599. The molecule has 3 aromatic rings. The molecule has 2 aromatic carbocycles. The SMILES string of the molecule is NC(=O)C(Sc1nnnn1-c1ccc(O)cc1)c1ccccc1. The van der Waals surface area contributed by atoms with Gasteiger partial charge in [-0.15, -0.1) is 5.10 Å². The Balaban J connectivity index is 1.92. The van der Waals surface area contributed by atoms with E-state index in [1.54, 1.807) is 12.1 Å². The molecular weight excluding hydrogens is 314 g/mol. The number of phenolic OH excluding ortho intramolecular Hbond substituents is 1. The fraction of sp³-hybridized carbons (Fsp3) is 0.0667. The van der Waals surface area contributed by atoms with Gasteiger partial charge in [0.15, 0.2) is 0 Å². The van der Waals surface area contributed by atoms with Gasteiger partial charge in [0, 0.05) is 0 Å². The minimum absolute atomic E-state index is 0.148. The van der Waals surface area contributed by atoms with Crippen LogP contribution >= 0.6 is 11.8 Å². The number of nitrogens with zero attached hydrogens (tertiary/aromatic N) is 4. The van der Waals surface area contributed by atoms with Crippen molar-refractivity contribution in [2.45, 2.75) is 10.4 Å². The number of nitrogens with two attached hydrogens (primary N) is 1. The maximum absolute atomic E-state index is 11.8. The number of rotatable bonds is 5. The Labute approximate surface area is 136 Å². The van der Waals surface area contributed by atoms with Gasteiger partial charge < -0.3 is 10.8 Å². The first-order valence-electron chi connectivity index (χ1n) is 6.74. The van der Waals surface area contributed by atoms with Gasteiger partial charge in [0.1, 0.15) is 11.0 Å². The molecule has 116 valence electrons. The number of carbonyl (C=O) groups is 1. The van der Waals surface area contributed by atoms with Crippen molar-refractivity contribution in [1.29, 1.82) is 0 Å². The van der Waals surface area contributed by atoms with Gasteiger partial charge in [0.2, 0.25) is 11.1 Å². The number of benzene rings is 2. The number of tetrazole rings is 1. The molecule has 3 N–H and O–H groups in total. The normalized spacial score (nSPS) is 12.0. The minimum Gasteiger partial charge on any atom is -0.508 e. The van der Waals surface area contributed by atoms with Gasteiger partial charge in [0.25, 0.3) is 0 Å². The highest BCUT2D eigenvalue weighted by atomic mass is 32.2. The second kappa shape index (κ2) is 6.49. The summed E-state index contributed by atoms with van der Waals surface area (Å²) in [5, 5.41) is 20.7. The Kier molecular flexibility index (Phi) is 4.24. The molecule has 1 amide bonds. The zero-order valence-electron chi connectivity index (χ0n) is 11.9. The molecule has 1 atom stereocenters. The van der Waals surface area contributed by atoms with E-state index in [0.717, 1.165) is 5.56 Å². The number of amides is 1. The van der Waals surface area contributed by atoms with Crippen LogP contribution in [0.5, 0.6) is 5.75 Å². The van der Waals surface area contributed by atoms with E-state index in [-0.39, 0.29) is 5.75 Å². The van der Waals surface area contributed by atoms with E-state index in [1.165, 1.54) is 28.6 Å². The Morgan fingerprint density at radius 3 is 2.48 bits per heavy atom. The molecule has 1 aromatic heterocycles. The first-order chi connectivity index (χ1) is 11.1. The lowest BCUT2D eigenvalue weighted by molar-refractivity contribution is -0.117. The quantitative estimate of drug-likeness (QED) is 0.691. The van der Waals surface area contributed by atoms with Gasteiger partial charge in [-0.25, -0.2) is 0 Å². The summed E-state index contributed by atoms with van der Waals surface area (Å²) < 4.78 is 1.49. The van der Waals surface area contributed by atoms with Gasteiger partial charge in [-0.1, -0.05) is 42.1 Å². The standard InChI is InChI=1S/C15H13N5O2S/c16-14(22)13(10-4-2-1-3-5-10)23-15-17-18-19-20(15)11-6-8-12(21)9-7-11/h1-9,13,21H,(H2,16,22). The maximum Gasteiger partial charge on any atom is 0.235 e. The number of thioether (sulfide) groups is 1. The van der Waals surface area contributed by atoms with E-state index in [4.69, 9.17) is 5.73 Å². The monoisotopic (exact) mass is 327 g/mol. The molecule has 0 aliphatic carbocycles. The lowest BCUT2D eigenvalue weighted by Crippen LogP contribution is -2.19. The Morgan fingerprint density at radius 1 is 1.13 bits per heavy atom. The van der Waals surface area contributed by atoms with Crippen LogP contribution in [0.25, 0.3) is 5.69 Å². The van der Waals surface area contributed by atoms with E-state index in [1.807, 2.05) is 30.3 Å². The number of carbonyl (C=O) groups excluding carboxylic acids is 1. The summed E-state index contributed by atoms with van der Waals surface area (Å²) in [5.74, 6) is -0.322. The topological polar surface area (TPSA) is 107 Å². The van der Waals surface area contributed by atoms with Crippen LogP contribution in [0, 0.1) is 0 Å². The van der Waals surface area contributed by atoms with Crippen LogP contribution in [0.15, 0.2) is 59.8 Å². The Bertz CT molecular complexity index is 804. The Hall–Kier alpha value is -2.87. The number of aromatic nitrogens is 4. The smallest absolute Gasteiger partial charge is 0.235 e. The van der Waals surface area contributed by atoms with Crippen LogP contribution in [0.1, 0.15) is 10.8 Å². The average Bonchev–Trinajstić information content (AvgIpc) is 3.02. The van der Waals surface area contributed by atoms with Crippen LogP contribution in [0.2, 0.25) is 0 Å². The van der Waals surface area contributed by atoms with Crippen molar-refractivity contribution in [3.05, 3.63) is 60.2 Å². The maximum atomic E-state index is 11.8. The second-order valence-corrected chi connectivity index (χ2v) is 5.77. The van der Waals surface area contributed by atoms with Crippen LogP contribution in [-0.4, -0.2) is 31.2 Å². The molecule has 23 heavy (non-hydrogen) atoms. The first-order valence-corrected chi connectivity index (χ1v) is 7.62. The van der Waals surface area contributed by atoms with Crippen molar-refractivity contribution in [1.82, 2.24) is 20.2 Å². The fourth-order valence-electron chi connectivity index (χ4n) is 2.03. The summed E-state index contributed by atoms with van der Waals surface area (Å²) in [6, 6.07) is 15.6. The molecule has 3 rings (SSSR count). The number of hydrogen-bond acceptors (Lipinski definition) is 6. The molecule has 0 bridgehead atoms. The average molecular weight is 327 g/mol. The van der Waals surface area contributed by atoms with Crippen LogP contribution in [-0.2, 0) is 4.79 Å². The molecule has 0 spiro atoms. The second-order valence-electron chi connectivity index (χ2n) is 4.70. The van der Waals surface area contributed by atoms with Crippen molar-refractivity contribution < 1.29 is 9.90 Å². The molecule has 8 heteroatoms. The van der Waals surface area contributed by atoms with Crippen molar-refractivity contribution in [3.8, 4) is 11.4 Å². The van der Waals surface area contributed by atoms with Crippen molar-refractivity contribution in [2.75, 3.05) is 0 Å². The van der Waals surface area contributed by atoms with Gasteiger partial charge in [0.05, 0.1) is 5.69 Å². The number of phenols is 1. The summed E-state index contributed by atoms with van der Waals surface area (Å²) >= 11 is 1.17. The highest BCUT2D eigenvalue weighted by molar-refractivity contribution is 8.00. The van der Waals surface area contributed by atoms with Gasteiger partial charge in [-0.2, -0.15) is 4.68 Å². The fourth-order valence-corrected chi connectivity index (χ4v) is 2.98. The van der Waals surface area contributed by atoms with E-state index < -0.39 is 11.2 Å². The first kappa shape index (κ1) is 15.0. The van der Waals surface area contributed by atoms with Crippen LogP contribution < -0.4 is 5.73 Å². The molecule has 0 saturated carbocycles. The molecular formula is C15H13N5O2S. The predicted molar refractivity (Wildman–Crippen MR) is 85.1 cm³/mol. The zero-order valence-corrected chi connectivity index (χ0v) is 12.7. The van der Waals surface area contributed by atoms with E-state index in [2.05, 4.69) is 15.5 Å². The molecule has 7 nitrogen and oxygen atoms in total. The summed E-state index contributed by atoms with van der Waals surface area (Å²) in [6.07, 6.45) is 0. The lowest BCUT2D eigenvalue weighted by Gasteiger charge is -2.12. The zero-order chi connectivity index (χ0) is 16.2. The number of aromatic hydroxyl groups is 1. The summed E-state index contributed by atoms with van der Waals surface area (Å²) in [6.45, 7) is 0. The summed E-state index contributed by atoms with van der Waals surface area (Å²) in [7, 11) is 0. The molecule has 0 radical (unpaired) electrons. The largest absolute Gasteiger partial charge is 0.508 e. The van der Waals surface area contributed by atoms with Crippen molar-refractivity contribution in [2.24, 2.45) is 5.73 Å². The summed E-state index contributed by atoms with van der Waals surface area (Å²) in [4.78, 5) is 11.8. The molecule has 0 aliphatic rings. The molecule has 0 saturated heterocycles. The highest BCUT2D eigenvalue weighted by Gasteiger charge is 2.23. The van der Waals surface area contributed by atoms with E-state index >= 15 is 0 Å². The summed E-state index contributed by atoms with van der Waals surface area (Å²) in [5.41, 5.74) is 6.98. The Morgan fingerprint density at radius 2 is 1.83 bits per heavy atom. The molecule has 0 fully saturated rings.